The summed E-state index contributed by atoms with van der Waals surface area (Å²) < 4.78 is 2.37. The summed E-state index contributed by atoms with van der Waals surface area (Å²) in [4.78, 5) is 3.53. The Balaban J connectivity index is 0.000000189. The first-order valence-electron chi connectivity index (χ1n) is 16.7. The summed E-state index contributed by atoms with van der Waals surface area (Å²) in [6.45, 7) is 2.77. The SMILES string of the molecule is Cc1ccc(-n2c3ccccc3c3cc(-c4ccc5[nH]c6ccccc6c5c4)ccc32)cc1.N=C(N)c1ccccc1.NCc1ccccc1. The maximum absolute atomic E-state index is 7.01. The fourth-order valence-electron chi connectivity index (χ4n) is 6.38. The summed E-state index contributed by atoms with van der Waals surface area (Å²) in [7, 11) is 0. The van der Waals surface area contributed by atoms with Crippen LogP contribution in [0.2, 0.25) is 0 Å². The van der Waals surface area contributed by atoms with E-state index in [2.05, 4.69) is 126 Å². The molecule has 0 radical (unpaired) electrons. The van der Waals surface area contributed by atoms with Gasteiger partial charge in [-0.3, -0.25) is 5.41 Å². The highest BCUT2D eigenvalue weighted by atomic mass is 15.0. The molecule has 0 fully saturated rings. The Kier molecular flexibility index (Phi) is 9.23. The zero-order valence-electron chi connectivity index (χ0n) is 28.0. The predicted octanol–water partition coefficient (Wildman–Crippen LogP) is 10.5. The van der Waals surface area contributed by atoms with Crippen molar-refractivity contribution in [1.82, 2.24) is 9.55 Å². The van der Waals surface area contributed by atoms with E-state index in [4.69, 9.17) is 16.9 Å². The average Bonchev–Trinajstić information content (AvgIpc) is 3.71. The van der Waals surface area contributed by atoms with Gasteiger partial charge in [0.2, 0.25) is 0 Å². The number of nitrogens with one attached hydrogen (secondary N) is 2. The molecule has 0 saturated carbocycles. The van der Waals surface area contributed by atoms with Crippen LogP contribution >= 0.6 is 0 Å². The van der Waals surface area contributed by atoms with E-state index in [1.54, 1.807) is 0 Å². The van der Waals surface area contributed by atoms with Gasteiger partial charge in [0.25, 0.3) is 0 Å². The number of H-pyrrole nitrogens is 1. The first-order chi connectivity index (χ1) is 24.5. The van der Waals surface area contributed by atoms with Crippen molar-refractivity contribution in [3.63, 3.8) is 0 Å². The van der Waals surface area contributed by atoms with Crippen LogP contribution in [0.5, 0.6) is 0 Å². The number of aromatic amines is 1. The molecule has 244 valence electrons. The van der Waals surface area contributed by atoms with Gasteiger partial charge in [-0.25, -0.2) is 0 Å². The Labute approximate surface area is 291 Å². The number of amidine groups is 1. The minimum Gasteiger partial charge on any atom is -0.384 e. The molecule has 0 aliphatic heterocycles. The van der Waals surface area contributed by atoms with Crippen molar-refractivity contribution in [3.8, 4) is 16.8 Å². The number of nitrogen functional groups attached to an aromatic ring is 1. The Hall–Kier alpha value is -6.43. The number of benzene rings is 7. The van der Waals surface area contributed by atoms with Crippen molar-refractivity contribution >= 4 is 49.4 Å². The molecule has 0 aliphatic rings. The highest BCUT2D eigenvalue weighted by Gasteiger charge is 2.13. The minimum absolute atomic E-state index is 0.121. The molecule has 0 spiro atoms. The van der Waals surface area contributed by atoms with Crippen LogP contribution in [0.1, 0.15) is 16.7 Å². The zero-order chi connectivity index (χ0) is 34.5. The fraction of sp³-hybridized carbons (Fsp3) is 0.0444. The summed E-state index contributed by atoms with van der Waals surface area (Å²) in [6.07, 6.45) is 0. The summed E-state index contributed by atoms with van der Waals surface area (Å²) in [6, 6.07) is 58.8. The lowest BCUT2D eigenvalue weighted by Gasteiger charge is -2.09. The molecule has 0 unspecified atom stereocenters. The third kappa shape index (κ3) is 6.63. The highest BCUT2D eigenvalue weighted by Crippen LogP contribution is 2.36. The lowest BCUT2D eigenvalue weighted by atomic mass is 10.0. The van der Waals surface area contributed by atoms with Crippen LogP contribution in [0.25, 0.3) is 60.4 Å². The molecular formula is C45H39N5. The number of hydrogen-bond acceptors (Lipinski definition) is 2. The predicted molar refractivity (Wildman–Crippen MR) is 212 cm³/mol. The van der Waals surface area contributed by atoms with Gasteiger partial charge in [0.1, 0.15) is 5.84 Å². The van der Waals surface area contributed by atoms with Crippen LogP contribution in [0.3, 0.4) is 0 Å². The molecule has 6 N–H and O–H groups in total. The normalized spacial score (nSPS) is 10.8. The highest BCUT2D eigenvalue weighted by molar-refractivity contribution is 6.11. The van der Waals surface area contributed by atoms with E-state index >= 15 is 0 Å². The number of rotatable bonds is 4. The Bertz CT molecular complexity index is 2540. The summed E-state index contributed by atoms with van der Waals surface area (Å²) in [5.41, 5.74) is 22.3. The van der Waals surface area contributed by atoms with Gasteiger partial charge in [0, 0.05) is 50.4 Å². The largest absolute Gasteiger partial charge is 0.384 e. The molecule has 9 aromatic rings. The summed E-state index contributed by atoms with van der Waals surface area (Å²) >= 11 is 0. The molecule has 0 bridgehead atoms. The van der Waals surface area contributed by atoms with Crippen LogP contribution in [-0.2, 0) is 6.54 Å². The van der Waals surface area contributed by atoms with E-state index < -0.39 is 0 Å². The van der Waals surface area contributed by atoms with Crippen molar-refractivity contribution in [1.29, 1.82) is 5.41 Å². The molecule has 0 aliphatic carbocycles. The second-order valence-electron chi connectivity index (χ2n) is 12.3. The zero-order valence-corrected chi connectivity index (χ0v) is 28.0. The number of fused-ring (bicyclic) bond motifs is 6. The number of nitrogens with two attached hydrogens (primary N) is 2. The van der Waals surface area contributed by atoms with Crippen molar-refractivity contribution in [2.75, 3.05) is 0 Å². The van der Waals surface area contributed by atoms with E-state index in [0.717, 1.165) is 5.56 Å². The van der Waals surface area contributed by atoms with Gasteiger partial charge in [-0.1, -0.05) is 127 Å². The van der Waals surface area contributed by atoms with Crippen molar-refractivity contribution in [3.05, 3.63) is 187 Å². The average molecular weight is 650 g/mol. The molecule has 0 atom stereocenters. The third-order valence-electron chi connectivity index (χ3n) is 8.97. The summed E-state index contributed by atoms with van der Waals surface area (Å²) in [5, 5.41) is 12.1. The number of aryl methyl sites for hydroxylation is 1. The maximum atomic E-state index is 7.01. The second kappa shape index (κ2) is 14.4. The van der Waals surface area contributed by atoms with E-state index in [-0.39, 0.29) is 5.84 Å². The quantitative estimate of drug-likeness (QED) is 0.113. The Morgan fingerprint density at radius 1 is 0.560 bits per heavy atom. The Morgan fingerprint density at radius 2 is 1.12 bits per heavy atom. The van der Waals surface area contributed by atoms with Crippen LogP contribution in [-0.4, -0.2) is 15.4 Å². The molecule has 2 heterocycles. The van der Waals surface area contributed by atoms with Crippen LogP contribution < -0.4 is 11.5 Å². The van der Waals surface area contributed by atoms with Crippen LogP contribution in [0.15, 0.2) is 170 Å². The maximum Gasteiger partial charge on any atom is 0.122 e. The van der Waals surface area contributed by atoms with Crippen molar-refractivity contribution < 1.29 is 0 Å². The smallest absolute Gasteiger partial charge is 0.122 e. The summed E-state index contributed by atoms with van der Waals surface area (Å²) in [5.74, 6) is 0.121. The topological polar surface area (TPSA) is 96.6 Å². The molecule has 5 nitrogen and oxygen atoms in total. The van der Waals surface area contributed by atoms with E-state index in [1.807, 2.05) is 60.7 Å². The molecule has 0 amide bonds. The van der Waals surface area contributed by atoms with E-state index in [1.165, 1.54) is 71.6 Å². The molecule has 5 heteroatoms. The lowest BCUT2D eigenvalue weighted by molar-refractivity contribution is 1.07. The number of aromatic nitrogens is 2. The van der Waals surface area contributed by atoms with Gasteiger partial charge in [-0.05, 0) is 72.1 Å². The first-order valence-corrected chi connectivity index (χ1v) is 16.7. The minimum atomic E-state index is 0.121. The van der Waals surface area contributed by atoms with Crippen LogP contribution in [0, 0.1) is 12.3 Å². The second-order valence-corrected chi connectivity index (χ2v) is 12.3. The lowest BCUT2D eigenvalue weighted by Crippen LogP contribution is -2.10. The van der Waals surface area contributed by atoms with E-state index in [0.29, 0.717) is 6.54 Å². The van der Waals surface area contributed by atoms with Crippen molar-refractivity contribution in [2.24, 2.45) is 11.5 Å². The monoisotopic (exact) mass is 649 g/mol. The van der Waals surface area contributed by atoms with Gasteiger partial charge in [0.15, 0.2) is 0 Å². The number of nitrogens with zero attached hydrogens (tertiary/aromatic N) is 1. The first kappa shape index (κ1) is 32.1. The fourth-order valence-corrected chi connectivity index (χ4v) is 6.38. The van der Waals surface area contributed by atoms with Gasteiger partial charge >= 0.3 is 0 Å². The molecule has 2 aromatic heterocycles. The van der Waals surface area contributed by atoms with Crippen LogP contribution in [0.4, 0.5) is 0 Å². The molecular weight excluding hydrogens is 611 g/mol. The van der Waals surface area contributed by atoms with Gasteiger partial charge in [0.05, 0.1) is 11.0 Å². The number of para-hydroxylation sites is 2. The van der Waals surface area contributed by atoms with E-state index in [9.17, 15) is 0 Å². The van der Waals surface area contributed by atoms with Gasteiger partial charge < -0.3 is 21.0 Å². The standard InChI is InChI=1S/C31H22N2.C7H8N2.C7H9N/c1-20-10-14-23(15-11-20)33-30-9-5-3-7-25(30)27-19-22(13-17-31(27)33)21-12-16-29-26(18-21)24-6-2-4-8-28(24)32-29;8-7(9)6-4-2-1-3-5-6;8-6-7-4-2-1-3-5-7/h2-19,32H,1H3;1-5H,(H3,8,9);1-5H,6,8H2. The van der Waals surface area contributed by atoms with Gasteiger partial charge in [-0.15, -0.1) is 0 Å². The Morgan fingerprint density at radius 3 is 1.78 bits per heavy atom. The molecule has 50 heavy (non-hydrogen) atoms. The molecule has 9 rings (SSSR count). The van der Waals surface area contributed by atoms with Gasteiger partial charge in [-0.2, -0.15) is 0 Å². The molecule has 0 saturated heterocycles. The van der Waals surface area contributed by atoms with Crippen molar-refractivity contribution in [2.45, 2.75) is 13.5 Å². The third-order valence-corrected chi connectivity index (χ3v) is 8.97. The molecule has 7 aromatic carbocycles. The number of hydrogen-bond donors (Lipinski definition) is 4.